The molecule has 1 fully saturated rings. The molecule has 1 N–H and O–H groups in total. The highest BCUT2D eigenvalue weighted by atomic mass is 127. The van der Waals surface area contributed by atoms with Crippen molar-refractivity contribution in [3.05, 3.63) is 0 Å². The molecule has 0 aromatic rings. The second-order valence-corrected chi connectivity index (χ2v) is 9.10. The number of halogens is 7. The average Bonchev–Trinajstić information content (AvgIpc) is 2.45. The monoisotopic (exact) mass is 490 g/mol. The first kappa shape index (κ1) is 22.8. The molecule has 10 heteroatoms. The number of hydrogen-bond donors (Lipinski definition) is 1. The second kappa shape index (κ2) is 7.40. The van der Waals surface area contributed by atoms with Gasteiger partial charge in [-0.05, 0) is 39.0 Å². The van der Waals surface area contributed by atoms with E-state index in [0.29, 0.717) is 25.7 Å². The Hall–Kier alpha value is -0.260. The summed E-state index contributed by atoms with van der Waals surface area (Å²) in [7, 11) is 0. The molecule has 148 valence electrons. The van der Waals surface area contributed by atoms with E-state index in [9.17, 15) is 36.2 Å². The molecule has 1 rings (SSSR count). The highest BCUT2D eigenvalue weighted by molar-refractivity contribution is 14.1. The van der Waals surface area contributed by atoms with E-state index in [-0.39, 0.29) is 12.8 Å². The van der Waals surface area contributed by atoms with Gasteiger partial charge in [0.1, 0.15) is 9.02 Å². The van der Waals surface area contributed by atoms with Crippen LogP contribution in [0.3, 0.4) is 0 Å². The summed E-state index contributed by atoms with van der Waals surface area (Å²) in [5.41, 5.74) is -6.91. The standard InChI is InChI=1S/C15H21F6IO3/c1-3-11(2,22)10(23)25-12(7-5-4-6-8-12)9-13(24,14(16,17)18)15(19,20)21/h24H,3-9H2,1-2H3. The number of esters is 1. The van der Waals surface area contributed by atoms with Gasteiger partial charge in [-0.3, -0.25) is 4.79 Å². The summed E-state index contributed by atoms with van der Waals surface area (Å²) < 4.78 is 82.4. The van der Waals surface area contributed by atoms with Crippen LogP contribution in [-0.4, -0.2) is 38.1 Å². The molecule has 0 aromatic heterocycles. The summed E-state index contributed by atoms with van der Waals surface area (Å²) in [5, 5.41) is 9.53. The molecule has 0 bridgehead atoms. The third kappa shape index (κ3) is 4.92. The molecule has 1 unspecified atom stereocenters. The van der Waals surface area contributed by atoms with Crippen molar-refractivity contribution in [2.24, 2.45) is 0 Å². The van der Waals surface area contributed by atoms with E-state index in [0.717, 1.165) is 0 Å². The van der Waals surface area contributed by atoms with Gasteiger partial charge in [0.25, 0.3) is 5.60 Å². The minimum absolute atomic E-state index is 0.149. The molecule has 0 aromatic carbocycles. The van der Waals surface area contributed by atoms with Gasteiger partial charge in [0, 0.05) is 6.42 Å². The van der Waals surface area contributed by atoms with Gasteiger partial charge in [0.05, 0.1) is 0 Å². The fourth-order valence-corrected chi connectivity index (χ4v) is 2.90. The molecule has 0 spiro atoms. The lowest BCUT2D eigenvalue weighted by molar-refractivity contribution is -0.379. The Bertz CT molecular complexity index is 467. The smallest absolute Gasteiger partial charge is 0.426 e. The Kier molecular flexibility index (Phi) is 6.74. The molecule has 1 aliphatic rings. The van der Waals surface area contributed by atoms with Crippen molar-refractivity contribution >= 4 is 28.6 Å². The van der Waals surface area contributed by atoms with Gasteiger partial charge in [-0.1, -0.05) is 35.9 Å². The molecule has 1 aliphatic carbocycles. The Labute approximate surface area is 155 Å². The molecule has 1 atom stereocenters. The zero-order chi connectivity index (χ0) is 19.7. The van der Waals surface area contributed by atoms with Gasteiger partial charge in [0.15, 0.2) is 0 Å². The third-order valence-electron chi connectivity index (χ3n) is 4.68. The lowest BCUT2D eigenvalue weighted by Gasteiger charge is -2.44. The molecule has 0 heterocycles. The van der Waals surface area contributed by atoms with Crippen LogP contribution in [0.25, 0.3) is 0 Å². The Morgan fingerprint density at radius 3 is 1.88 bits per heavy atom. The highest BCUT2D eigenvalue weighted by Gasteiger charge is 2.72. The van der Waals surface area contributed by atoms with E-state index in [4.69, 9.17) is 4.74 Å². The van der Waals surface area contributed by atoms with Gasteiger partial charge >= 0.3 is 18.3 Å². The second-order valence-electron chi connectivity index (χ2n) is 6.72. The first-order chi connectivity index (χ1) is 11.1. The fraction of sp³-hybridized carbons (Fsp3) is 0.933. The maximum absolute atomic E-state index is 13.1. The van der Waals surface area contributed by atoms with Crippen molar-refractivity contribution < 1.29 is 41.0 Å². The molecule has 25 heavy (non-hydrogen) atoms. The predicted octanol–water partition coefficient (Wildman–Crippen LogP) is 5.08. The Balaban J connectivity index is 3.24. The fourth-order valence-electron chi connectivity index (χ4n) is 2.79. The van der Waals surface area contributed by atoms with Crippen LogP contribution < -0.4 is 0 Å². The lowest BCUT2D eigenvalue weighted by Crippen LogP contribution is -2.61. The van der Waals surface area contributed by atoms with Crippen molar-refractivity contribution in [1.29, 1.82) is 0 Å². The Morgan fingerprint density at radius 1 is 1.08 bits per heavy atom. The van der Waals surface area contributed by atoms with Gasteiger partial charge in [-0.15, -0.1) is 0 Å². The normalized spacial score (nSPS) is 21.5. The largest absolute Gasteiger partial charge is 0.458 e. The van der Waals surface area contributed by atoms with Crippen LogP contribution in [-0.2, 0) is 9.53 Å². The van der Waals surface area contributed by atoms with E-state index in [1.54, 1.807) is 29.5 Å². The third-order valence-corrected chi connectivity index (χ3v) is 5.88. The zero-order valence-electron chi connectivity index (χ0n) is 13.9. The number of carbonyl (C=O) groups excluding carboxylic acids is 1. The van der Waals surface area contributed by atoms with E-state index < -0.39 is 39.4 Å². The quantitative estimate of drug-likeness (QED) is 0.253. The van der Waals surface area contributed by atoms with Crippen molar-refractivity contribution in [3.8, 4) is 0 Å². The SMILES string of the molecule is CCC(C)(I)C(=O)OC1(CC(O)(C(F)(F)F)C(F)(F)F)CCCCC1. The van der Waals surface area contributed by atoms with Crippen molar-refractivity contribution in [2.45, 2.75) is 85.8 Å². The molecule has 3 nitrogen and oxygen atoms in total. The van der Waals surface area contributed by atoms with Crippen LogP contribution in [0.5, 0.6) is 0 Å². The molecular formula is C15H21F6IO3. The van der Waals surface area contributed by atoms with Crippen molar-refractivity contribution in [3.63, 3.8) is 0 Å². The van der Waals surface area contributed by atoms with Gasteiger partial charge < -0.3 is 9.84 Å². The minimum atomic E-state index is -5.93. The topological polar surface area (TPSA) is 46.5 Å². The van der Waals surface area contributed by atoms with Crippen LogP contribution in [0.2, 0.25) is 0 Å². The van der Waals surface area contributed by atoms with E-state index in [1.807, 2.05) is 0 Å². The molecule has 0 aliphatic heterocycles. The summed E-state index contributed by atoms with van der Waals surface area (Å²) in [6, 6.07) is 0. The van der Waals surface area contributed by atoms with E-state index in [2.05, 4.69) is 0 Å². The summed E-state index contributed by atoms with van der Waals surface area (Å²) in [6.45, 7) is 3.15. The number of hydrogen-bond acceptors (Lipinski definition) is 3. The maximum Gasteiger partial charge on any atom is 0.426 e. The summed E-state index contributed by atoms with van der Waals surface area (Å²) in [4.78, 5) is 12.3. The lowest BCUT2D eigenvalue weighted by atomic mass is 9.76. The summed E-state index contributed by atoms with van der Waals surface area (Å²) in [6.07, 6.45) is -12.3. The van der Waals surface area contributed by atoms with E-state index in [1.165, 1.54) is 6.92 Å². The van der Waals surface area contributed by atoms with Crippen molar-refractivity contribution in [1.82, 2.24) is 0 Å². The molecular weight excluding hydrogens is 469 g/mol. The number of rotatable bonds is 5. The average molecular weight is 490 g/mol. The summed E-state index contributed by atoms with van der Waals surface area (Å²) >= 11 is 1.76. The van der Waals surface area contributed by atoms with Crippen molar-refractivity contribution in [2.75, 3.05) is 0 Å². The number of alkyl halides is 7. The number of carbonyl (C=O) groups is 1. The number of ether oxygens (including phenoxy) is 1. The minimum Gasteiger partial charge on any atom is -0.458 e. The van der Waals surface area contributed by atoms with Crippen LogP contribution in [0.4, 0.5) is 26.3 Å². The van der Waals surface area contributed by atoms with E-state index >= 15 is 0 Å². The van der Waals surface area contributed by atoms with Crippen LogP contribution in [0, 0.1) is 0 Å². The Morgan fingerprint density at radius 2 is 1.52 bits per heavy atom. The van der Waals surface area contributed by atoms with Crippen LogP contribution in [0.1, 0.15) is 58.8 Å². The molecule has 0 amide bonds. The van der Waals surface area contributed by atoms with Crippen LogP contribution in [0.15, 0.2) is 0 Å². The highest BCUT2D eigenvalue weighted by Crippen LogP contribution is 2.51. The van der Waals surface area contributed by atoms with Crippen LogP contribution >= 0.6 is 22.6 Å². The molecule has 1 saturated carbocycles. The molecule has 0 radical (unpaired) electrons. The van der Waals surface area contributed by atoms with Gasteiger partial charge in [0.2, 0.25) is 0 Å². The molecule has 0 saturated heterocycles. The van der Waals surface area contributed by atoms with Gasteiger partial charge in [-0.2, -0.15) is 26.3 Å². The first-order valence-electron chi connectivity index (χ1n) is 7.88. The maximum atomic E-state index is 13.1. The number of aliphatic hydroxyl groups is 1. The zero-order valence-corrected chi connectivity index (χ0v) is 16.0. The first-order valence-corrected chi connectivity index (χ1v) is 8.96. The predicted molar refractivity (Wildman–Crippen MR) is 86.3 cm³/mol. The van der Waals surface area contributed by atoms with Gasteiger partial charge in [-0.25, -0.2) is 0 Å². The summed E-state index contributed by atoms with van der Waals surface area (Å²) in [5.74, 6) is -0.871.